The van der Waals surface area contributed by atoms with E-state index in [0.29, 0.717) is 13.1 Å². The topological polar surface area (TPSA) is 118 Å². The number of nitriles is 1. The number of carbonyl (C=O) groups excluding carboxylic acids is 1. The third kappa shape index (κ3) is 3.73. The highest BCUT2D eigenvalue weighted by molar-refractivity contribution is 5.76. The summed E-state index contributed by atoms with van der Waals surface area (Å²) in [6.45, 7) is 4.09. The maximum absolute atomic E-state index is 12.3. The molecular weight excluding hydrogens is 304 g/mol. The van der Waals surface area contributed by atoms with E-state index in [4.69, 9.17) is 10.00 Å². The van der Waals surface area contributed by atoms with Gasteiger partial charge in [0.15, 0.2) is 0 Å². The fourth-order valence-electron chi connectivity index (χ4n) is 2.54. The monoisotopic (exact) mass is 320 g/mol. The zero-order chi connectivity index (χ0) is 17.1. The molecule has 2 rings (SSSR count). The Morgan fingerprint density at radius 3 is 2.61 bits per heavy atom. The van der Waals surface area contributed by atoms with Gasteiger partial charge < -0.3 is 9.64 Å². The van der Waals surface area contributed by atoms with E-state index < -0.39 is 16.2 Å². The summed E-state index contributed by atoms with van der Waals surface area (Å²) >= 11 is 0. The van der Waals surface area contributed by atoms with E-state index in [-0.39, 0.29) is 30.2 Å². The van der Waals surface area contributed by atoms with Crippen LogP contribution >= 0.6 is 0 Å². The molecule has 1 aliphatic heterocycles. The van der Waals surface area contributed by atoms with Gasteiger partial charge in [0.05, 0.1) is 23.3 Å². The highest BCUT2D eigenvalue weighted by atomic mass is 16.6. The average molecular weight is 320 g/mol. The number of ether oxygens (including phenoxy) is 1. The number of amides is 1. The molecule has 9 heteroatoms. The first-order valence-electron chi connectivity index (χ1n) is 7.04. The number of carbonyl (C=O) groups is 1. The number of nitrogens with zero attached hydrogens (tertiary/aromatic N) is 4. The molecule has 0 radical (unpaired) electrons. The second-order valence-corrected chi connectivity index (χ2v) is 5.47. The number of hydrogen-bond donors (Lipinski definition) is 0. The molecule has 0 aromatic carbocycles. The van der Waals surface area contributed by atoms with Crippen LogP contribution in [0.15, 0.2) is 17.1 Å². The van der Waals surface area contributed by atoms with Crippen molar-refractivity contribution < 1.29 is 14.5 Å². The lowest BCUT2D eigenvalue weighted by molar-refractivity contribution is -0.385. The molecule has 9 nitrogen and oxygen atoms in total. The predicted molar refractivity (Wildman–Crippen MR) is 78.7 cm³/mol. The van der Waals surface area contributed by atoms with E-state index in [1.54, 1.807) is 11.0 Å². The molecule has 0 aliphatic carbocycles. The van der Waals surface area contributed by atoms with Crippen molar-refractivity contribution in [3.8, 4) is 6.07 Å². The minimum Gasteiger partial charge on any atom is -0.372 e. The van der Waals surface area contributed by atoms with Crippen LogP contribution in [0.3, 0.4) is 0 Å². The molecule has 2 atom stereocenters. The van der Waals surface area contributed by atoms with Gasteiger partial charge in [0.1, 0.15) is 18.2 Å². The molecule has 1 aromatic rings. The van der Waals surface area contributed by atoms with Gasteiger partial charge >= 0.3 is 0 Å². The van der Waals surface area contributed by atoms with Crippen LogP contribution < -0.4 is 5.56 Å². The molecule has 0 saturated carbocycles. The molecule has 0 spiro atoms. The zero-order valence-corrected chi connectivity index (χ0v) is 12.8. The largest absolute Gasteiger partial charge is 0.372 e. The summed E-state index contributed by atoms with van der Waals surface area (Å²) in [6.07, 6.45) is 0.729. The van der Waals surface area contributed by atoms with Gasteiger partial charge in [0.2, 0.25) is 5.91 Å². The maximum Gasteiger partial charge on any atom is 0.287 e. The van der Waals surface area contributed by atoms with Crippen LogP contribution in [0, 0.1) is 21.4 Å². The lowest BCUT2D eigenvalue weighted by Gasteiger charge is -2.35. The Morgan fingerprint density at radius 2 is 2.09 bits per heavy atom. The van der Waals surface area contributed by atoms with Crippen LogP contribution in [0.1, 0.15) is 19.4 Å². The first kappa shape index (κ1) is 16.6. The van der Waals surface area contributed by atoms with E-state index in [0.717, 1.165) is 16.8 Å². The van der Waals surface area contributed by atoms with E-state index in [2.05, 4.69) is 0 Å². The van der Waals surface area contributed by atoms with Crippen molar-refractivity contribution >= 4 is 11.6 Å². The highest BCUT2D eigenvalue weighted by Gasteiger charge is 2.26. The minimum absolute atomic E-state index is 0.126. The quantitative estimate of drug-likeness (QED) is 0.582. The van der Waals surface area contributed by atoms with Gasteiger partial charge in [-0.3, -0.25) is 24.3 Å². The van der Waals surface area contributed by atoms with Crippen molar-refractivity contribution in [3.05, 3.63) is 38.3 Å². The van der Waals surface area contributed by atoms with Gasteiger partial charge in [0, 0.05) is 19.2 Å². The number of aromatic nitrogens is 1. The van der Waals surface area contributed by atoms with E-state index in [1.807, 2.05) is 13.8 Å². The van der Waals surface area contributed by atoms with Crippen LogP contribution in [-0.4, -0.2) is 45.6 Å². The number of morpholine rings is 1. The lowest BCUT2D eigenvalue weighted by atomic mass is 10.2. The summed E-state index contributed by atoms with van der Waals surface area (Å²) in [7, 11) is 0. The fraction of sp³-hybridized carbons (Fsp3) is 0.500. The van der Waals surface area contributed by atoms with Gasteiger partial charge in [-0.2, -0.15) is 5.26 Å². The maximum atomic E-state index is 12.3. The van der Waals surface area contributed by atoms with E-state index in [9.17, 15) is 19.7 Å². The van der Waals surface area contributed by atoms with Gasteiger partial charge in [-0.25, -0.2) is 0 Å². The molecule has 2 heterocycles. The van der Waals surface area contributed by atoms with Crippen molar-refractivity contribution in [2.24, 2.45) is 0 Å². The Kier molecular flexibility index (Phi) is 4.76. The fourth-order valence-corrected chi connectivity index (χ4v) is 2.54. The second kappa shape index (κ2) is 6.58. The van der Waals surface area contributed by atoms with Gasteiger partial charge in [-0.05, 0) is 13.8 Å². The van der Waals surface area contributed by atoms with Gasteiger partial charge in [0.25, 0.3) is 11.2 Å². The van der Waals surface area contributed by atoms with Crippen molar-refractivity contribution in [2.75, 3.05) is 13.1 Å². The van der Waals surface area contributed by atoms with Crippen LogP contribution in [0.4, 0.5) is 5.69 Å². The summed E-state index contributed by atoms with van der Waals surface area (Å²) in [5, 5.41) is 19.8. The first-order chi connectivity index (χ1) is 10.8. The van der Waals surface area contributed by atoms with Crippen LogP contribution in [-0.2, 0) is 16.1 Å². The third-order valence-electron chi connectivity index (χ3n) is 3.48. The molecule has 0 bridgehead atoms. The number of nitro groups is 1. The van der Waals surface area contributed by atoms with Gasteiger partial charge in [-0.1, -0.05) is 0 Å². The molecule has 122 valence electrons. The van der Waals surface area contributed by atoms with Crippen molar-refractivity contribution in [1.82, 2.24) is 9.47 Å². The number of hydrogen-bond acceptors (Lipinski definition) is 6. The Morgan fingerprint density at radius 1 is 1.48 bits per heavy atom. The van der Waals surface area contributed by atoms with E-state index >= 15 is 0 Å². The summed E-state index contributed by atoms with van der Waals surface area (Å²) in [5.41, 5.74) is -1.49. The zero-order valence-electron chi connectivity index (χ0n) is 12.8. The summed E-state index contributed by atoms with van der Waals surface area (Å²) < 4.78 is 6.44. The van der Waals surface area contributed by atoms with Crippen molar-refractivity contribution in [3.63, 3.8) is 0 Å². The summed E-state index contributed by atoms with van der Waals surface area (Å²) in [4.78, 5) is 36.1. The molecule has 1 aliphatic rings. The Balaban J connectivity index is 2.27. The molecule has 1 fully saturated rings. The smallest absolute Gasteiger partial charge is 0.287 e. The van der Waals surface area contributed by atoms with Crippen LogP contribution in [0.2, 0.25) is 0 Å². The Labute approximate surface area is 131 Å². The third-order valence-corrected chi connectivity index (χ3v) is 3.48. The molecule has 0 unspecified atom stereocenters. The molecular formula is C14H16N4O5. The predicted octanol–water partition coefficient (Wildman–Crippen LogP) is 0.264. The average Bonchev–Trinajstić information content (AvgIpc) is 2.47. The highest BCUT2D eigenvalue weighted by Crippen LogP contribution is 2.13. The Bertz CT molecular complexity index is 726. The molecule has 23 heavy (non-hydrogen) atoms. The second-order valence-electron chi connectivity index (χ2n) is 5.47. The van der Waals surface area contributed by atoms with Crippen LogP contribution in [0.25, 0.3) is 0 Å². The molecule has 0 N–H and O–H groups in total. The van der Waals surface area contributed by atoms with Gasteiger partial charge in [-0.15, -0.1) is 0 Å². The van der Waals surface area contributed by atoms with Crippen molar-refractivity contribution in [2.45, 2.75) is 32.6 Å². The van der Waals surface area contributed by atoms with Crippen LogP contribution in [0.5, 0.6) is 0 Å². The standard InChI is InChI=1S/C14H16N4O5/c1-9-5-16(6-10(2)23-9)13(19)8-17-7-12(18(21)22)3-11(4-15)14(17)20/h3,7,9-10H,5-6,8H2,1-2H3/t9-,10+. The number of pyridine rings is 1. The molecule has 1 aromatic heterocycles. The van der Waals surface area contributed by atoms with Crippen molar-refractivity contribution in [1.29, 1.82) is 5.26 Å². The summed E-state index contributed by atoms with van der Waals surface area (Å²) in [5.74, 6) is -0.349. The minimum atomic E-state index is -0.721. The SMILES string of the molecule is C[C@@H]1CN(C(=O)Cn2cc([N+](=O)[O-])cc(C#N)c2=O)C[C@H](C)O1. The number of rotatable bonds is 3. The van der Waals surface area contributed by atoms with E-state index in [1.165, 1.54) is 0 Å². The molecule has 1 amide bonds. The first-order valence-corrected chi connectivity index (χ1v) is 7.04. The normalized spacial score (nSPS) is 20.8. The lowest BCUT2D eigenvalue weighted by Crippen LogP contribution is -2.49. The molecule has 1 saturated heterocycles. The Hall–Kier alpha value is -2.73. The summed E-state index contributed by atoms with van der Waals surface area (Å²) in [6, 6.07) is 2.52.